The highest BCUT2D eigenvalue weighted by atomic mass is 35.5. The topological polar surface area (TPSA) is 65.1 Å². The van der Waals surface area contributed by atoms with E-state index in [9.17, 15) is 4.79 Å². The molecule has 2 atom stereocenters. The van der Waals surface area contributed by atoms with E-state index in [1.165, 1.54) is 5.56 Å². The standard InChI is InChI=1S/C16H19ClN2O2/c17-12-4-5-14-11(9-19-15(14)7-12)8-18-13-3-1-2-10(6-13)16(20)21/h4-5,7,9-10,13,18-19H,1-3,6,8H2,(H,20,21). The minimum Gasteiger partial charge on any atom is -0.481 e. The van der Waals surface area contributed by atoms with E-state index >= 15 is 0 Å². The minimum absolute atomic E-state index is 0.196. The Hall–Kier alpha value is -1.52. The number of rotatable bonds is 4. The van der Waals surface area contributed by atoms with Gasteiger partial charge in [-0.05, 0) is 37.0 Å². The second-order valence-electron chi connectivity index (χ2n) is 5.78. The number of aromatic nitrogens is 1. The molecule has 3 rings (SSSR count). The molecule has 0 amide bonds. The van der Waals surface area contributed by atoms with Crippen LogP contribution >= 0.6 is 11.6 Å². The number of hydrogen-bond acceptors (Lipinski definition) is 2. The van der Waals surface area contributed by atoms with Gasteiger partial charge >= 0.3 is 5.97 Å². The Morgan fingerprint density at radius 3 is 3.10 bits per heavy atom. The lowest BCUT2D eigenvalue weighted by atomic mass is 9.86. The average molecular weight is 307 g/mol. The quantitative estimate of drug-likeness (QED) is 0.809. The third-order valence-corrected chi connectivity index (χ3v) is 4.57. The Balaban J connectivity index is 1.65. The largest absolute Gasteiger partial charge is 0.481 e. The fourth-order valence-electron chi connectivity index (χ4n) is 3.16. The van der Waals surface area contributed by atoms with Crippen LogP contribution < -0.4 is 5.32 Å². The van der Waals surface area contributed by atoms with E-state index in [0.717, 1.165) is 48.2 Å². The van der Waals surface area contributed by atoms with E-state index in [-0.39, 0.29) is 12.0 Å². The maximum Gasteiger partial charge on any atom is 0.306 e. The van der Waals surface area contributed by atoms with Crippen molar-refractivity contribution in [2.45, 2.75) is 38.3 Å². The molecule has 1 heterocycles. The van der Waals surface area contributed by atoms with E-state index in [2.05, 4.69) is 10.3 Å². The molecule has 5 heteroatoms. The van der Waals surface area contributed by atoms with Crippen LogP contribution in [0.25, 0.3) is 10.9 Å². The zero-order chi connectivity index (χ0) is 14.8. The van der Waals surface area contributed by atoms with Crippen LogP contribution in [0, 0.1) is 5.92 Å². The number of aromatic amines is 1. The second-order valence-corrected chi connectivity index (χ2v) is 6.22. The molecule has 3 N–H and O–H groups in total. The molecule has 21 heavy (non-hydrogen) atoms. The predicted molar refractivity (Wildman–Crippen MR) is 83.5 cm³/mol. The third kappa shape index (κ3) is 3.22. The van der Waals surface area contributed by atoms with Gasteiger partial charge in [0.15, 0.2) is 0 Å². The highest BCUT2D eigenvalue weighted by molar-refractivity contribution is 6.31. The van der Waals surface area contributed by atoms with Crippen LogP contribution in [0.1, 0.15) is 31.2 Å². The normalized spacial score (nSPS) is 22.5. The number of hydrogen-bond donors (Lipinski definition) is 3. The molecule has 0 spiro atoms. The molecule has 1 saturated carbocycles. The van der Waals surface area contributed by atoms with Gasteiger partial charge in [0.05, 0.1) is 5.92 Å². The van der Waals surface area contributed by atoms with Gasteiger partial charge in [-0.15, -0.1) is 0 Å². The molecule has 1 aromatic heterocycles. The molecule has 0 aliphatic heterocycles. The first kappa shape index (κ1) is 14.4. The maximum atomic E-state index is 11.1. The van der Waals surface area contributed by atoms with E-state index in [1.54, 1.807) is 0 Å². The van der Waals surface area contributed by atoms with Crippen LogP contribution in [0.2, 0.25) is 5.02 Å². The molecule has 2 aromatic rings. The fraction of sp³-hybridized carbons (Fsp3) is 0.438. The SMILES string of the molecule is O=C(O)C1CCCC(NCc2c[nH]c3cc(Cl)ccc23)C1. The van der Waals surface area contributed by atoms with Crippen molar-refractivity contribution in [3.05, 3.63) is 35.0 Å². The summed E-state index contributed by atoms with van der Waals surface area (Å²) in [6.45, 7) is 0.749. The van der Waals surface area contributed by atoms with Crippen LogP contribution in [0.15, 0.2) is 24.4 Å². The predicted octanol–water partition coefficient (Wildman–Crippen LogP) is 3.55. The zero-order valence-electron chi connectivity index (χ0n) is 11.7. The zero-order valence-corrected chi connectivity index (χ0v) is 12.5. The van der Waals surface area contributed by atoms with Crippen molar-refractivity contribution in [1.82, 2.24) is 10.3 Å². The summed E-state index contributed by atoms with van der Waals surface area (Å²) in [5, 5.41) is 14.5. The lowest BCUT2D eigenvalue weighted by Gasteiger charge is -2.27. The Kier molecular flexibility index (Phi) is 4.17. The summed E-state index contributed by atoms with van der Waals surface area (Å²) >= 11 is 5.98. The lowest BCUT2D eigenvalue weighted by molar-refractivity contribution is -0.143. The fourth-order valence-corrected chi connectivity index (χ4v) is 3.33. The number of H-pyrrole nitrogens is 1. The van der Waals surface area contributed by atoms with Gasteiger partial charge in [0, 0.05) is 34.7 Å². The van der Waals surface area contributed by atoms with Crippen LogP contribution in [0.4, 0.5) is 0 Å². The molecule has 0 bridgehead atoms. The molecule has 1 aromatic carbocycles. The van der Waals surface area contributed by atoms with Gasteiger partial charge in [-0.2, -0.15) is 0 Å². The van der Waals surface area contributed by atoms with Crippen molar-refractivity contribution in [2.75, 3.05) is 0 Å². The number of carboxylic acids is 1. The molecule has 4 nitrogen and oxygen atoms in total. The molecule has 2 unspecified atom stereocenters. The number of carboxylic acid groups (broad SMARTS) is 1. The molecule has 0 radical (unpaired) electrons. The number of aliphatic carboxylic acids is 1. The highest BCUT2D eigenvalue weighted by Crippen LogP contribution is 2.26. The average Bonchev–Trinajstić information content (AvgIpc) is 2.87. The van der Waals surface area contributed by atoms with Gasteiger partial charge in [-0.3, -0.25) is 4.79 Å². The second kappa shape index (κ2) is 6.08. The number of nitrogens with one attached hydrogen (secondary N) is 2. The number of halogens is 1. The van der Waals surface area contributed by atoms with Crippen molar-refractivity contribution < 1.29 is 9.90 Å². The smallest absolute Gasteiger partial charge is 0.306 e. The Labute approximate surface area is 128 Å². The van der Waals surface area contributed by atoms with Crippen molar-refractivity contribution in [1.29, 1.82) is 0 Å². The van der Waals surface area contributed by atoms with Gasteiger partial charge in [-0.1, -0.05) is 24.1 Å². The highest BCUT2D eigenvalue weighted by Gasteiger charge is 2.26. The van der Waals surface area contributed by atoms with Gasteiger partial charge in [0.2, 0.25) is 0 Å². The molecule has 1 aliphatic carbocycles. The Morgan fingerprint density at radius 1 is 1.43 bits per heavy atom. The van der Waals surface area contributed by atoms with Crippen molar-refractivity contribution in [2.24, 2.45) is 5.92 Å². The summed E-state index contributed by atoms with van der Waals surface area (Å²) in [6.07, 6.45) is 5.56. The van der Waals surface area contributed by atoms with Gasteiger partial charge in [0.25, 0.3) is 0 Å². The molecule has 1 aliphatic rings. The first-order valence-electron chi connectivity index (χ1n) is 7.35. The van der Waals surface area contributed by atoms with E-state index in [1.807, 2.05) is 24.4 Å². The van der Waals surface area contributed by atoms with Crippen LogP contribution in [-0.4, -0.2) is 22.1 Å². The van der Waals surface area contributed by atoms with E-state index in [4.69, 9.17) is 16.7 Å². The van der Waals surface area contributed by atoms with Crippen molar-refractivity contribution >= 4 is 28.5 Å². The van der Waals surface area contributed by atoms with Crippen LogP contribution in [0.5, 0.6) is 0 Å². The Bertz CT molecular complexity index is 653. The maximum absolute atomic E-state index is 11.1. The van der Waals surface area contributed by atoms with E-state index < -0.39 is 5.97 Å². The number of carbonyl (C=O) groups is 1. The first-order chi connectivity index (χ1) is 10.1. The van der Waals surface area contributed by atoms with E-state index in [0.29, 0.717) is 0 Å². The molecule has 1 fully saturated rings. The summed E-state index contributed by atoms with van der Waals surface area (Å²) in [7, 11) is 0. The number of benzene rings is 1. The van der Waals surface area contributed by atoms with Crippen molar-refractivity contribution in [3.63, 3.8) is 0 Å². The molecular weight excluding hydrogens is 288 g/mol. The Morgan fingerprint density at radius 2 is 2.29 bits per heavy atom. The first-order valence-corrected chi connectivity index (χ1v) is 7.73. The summed E-state index contributed by atoms with van der Waals surface area (Å²) < 4.78 is 0. The molecular formula is C16H19ClN2O2. The summed E-state index contributed by atoms with van der Waals surface area (Å²) in [5.74, 6) is -0.860. The van der Waals surface area contributed by atoms with Gasteiger partial charge in [-0.25, -0.2) is 0 Å². The summed E-state index contributed by atoms with van der Waals surface area (Å²) in [5.41, 5.74) is 2.23. The number of fused-ring (bicyclic) bond motifs is 1. The van der Waals surface area contributed by atoms with Crippen molar-refractivity contribution in [3.8, 4) is 0 Å². The van der Waals surface area contributed by atoms with Gasteiger partial charge in [0.1, 0.15) is 0 Å². The van der Waals surface area contributed by atoms with Gasteiger partial charge < -0.3 is 15.4 Å². The third-order valence-electron chi connectivity index (χ3n) is 4.33. The minimum atomic E-state index is -0.664. The van der Waals surface area contributed by atoms with Crippen LogP contribution in [-0.2, 0) is 11.3 Å². The summed E-state index contributed by atoms with van der Waals surface area (Å²) in [4.78, 5) is 14.3. The lowest BCUT2D eigenvalue weighted by Crippen LogP contribution is -2.36. The van der Waals surface area contributed by atoms with Crippen LogP contribution in [0.3, 0.4) is 0 Å². The molecule has 112 valence electrons. The molecule has 0 saturated heterocycles. The summed E-state index contributed by atoms with van der Waals surface area (Å²) in [6, 6.07) is 6.12. The monoisotopic (exact) mass is 306 g/mol.